The quantitative estimate of drug-likeness (QED) is 0.783. The second-order valence-electron chi connectivity index (χ2n) is 5.20. The Kier molecular flexibility index (Phi) is 4.26. The predicted molar refractivity (Wildman–Crippen MR) is 81.7 cm³/mol. The van der Waals surface area contributed by atoms with E-state index in [4.69, 9.17) is 0 Å². The largest absolute Gasteiger partial charge is 0.453 e. The summed E-state index contributed by atoms with van der Waals surface area (Å²) in [6.07, 6.45) is -1.64. The molecule has 0 saturated heterocycles. The van der Waals surface area contributed by atoms with Crippen LogP contribution in [0.2, 0.25) is 0 Å². The van der Waals surface area contributed by atoms with E-state index < -0.39 is 17.9 Å². The van der Waals surface area contributed by atoms with Crippen molar-refractivity contribution in [1.29, 1.82) is 0 Å². The van der Waals surface area contributed by atoms with Crippen LogP contribution in [0.5, 0.6) is 0 Å². The van der Waals surface area contributed by atoms with Crippen LogP contribution < -0.4 is 5.32 Å². The molecule has 1 N–H and O–H groups in total. The maximum atomic E-state index is 12.6. The highest BCUT2D eigenvalue weighted by Gasteiger charge is 2.37. The predicted octanol–water partition coefficient (Wildman–Crippen LogP) is 2.33. The summed E-state index contributed by atoms with van der Waals surface area (Å²) in [5.41, 5.74) is 0.951. The number of imidazole rings is 1. The molecule has 3 rings (SSSR count). The van der Waals surface area contributed by atoms with Crippen LogP contribution in [0.4, 0.5) is 19.1 Å². The molecule has 0 aliphatic carbocycles. The second kappa shape index (κ2) is 6.38. The SMILES string of the molecule is Cn1nc(C(F)(F)F)nc1NC(=O)c1nccn1Cc1ccccc1. The summed E-state index contributed by atoms with van der Waals surface area (Å²) in [5, 5.41) is 5.54. The van der Waals surface area contributed by atoms with Crippen LogP contribution in [0.15, 0.2) is 42.7 Å². The first-order valence-corrected chi connectivity index (χ1v) is 7.19. The van der Waals surface area contributed by atoms with E-state index in [1.165, 1.54) is 13.2 Å². The first kappa shape index (κ1) is 16.7. The van der Waals surface area contributed by atoms with Crippen LogP contribution in [-0.4, -0.2) is 30.2 Å². The lowest BCUT2D eigenvalue weighted by molar-refractivity contribution is -0.144. The van der Waals surface area contributed by atoms with Crippen molar-refractivity contribution in [3.05, 3.63) is 59.9 Å². The van der Waals surface area contributed by atoms with Gasteiger partial charge in [0.1, 0.15) is 0 Å². The van der Waals surface area contributed by atoms with Gasteiger partial charge in [0.25, 0.3) is 11.7 Å². The fourth-order valence-corrected chi connectivity index (χ4v) is 2.20. The summed E-state index contributed by atoms with van der Waals surface area (Å²) in [5.74, 6) is -2.25. The highest BCUT2D eigenvalue weighted by molar-refractivity contribution is 6.00. The van der Waals surface area contributed by atoms with E-state index in [0.29, 0.717) is 6.54 Å². The van der Waals surface area contributed by atoms with Gasteiger partial charge in [-0.2, -0.15) is 18.2 Å². The van der Waals surface area contributed by atoms with Gasteiger partial charge in [-0.3, -0.25) is 10.1 Å². The van der Waals surface area contributed by atoms with Crippen molar-refractivity contribution < 1.29 is 18.0 Å². The molecule has 0 atom stereocenters. The third-order valence-corrected chi connectivity index (χ3v) is 3.36. The average Bonchev–Trinajstić information content (AvgIpc) is 3.15. The number of anilines is 1. The Bertz CT molecular complexity index is 884. The zero-order valence-corrected chi connectivity index (χ0v) is 13.0. The summed E-state index contributed by atoms with van der Waals surface area (Å²) in [7, 11) is 1.26. The number of alkyl halides is 3. The number of rotatable bonds is 4. The Morgan fingerprint density at radius 3 is 2.60 bits per heavy atom. The van der Waals surface area contributed by atoms with E-state index >= 15 is 0 Å². The molecule has 0 aliphatic heterocycles. The molecular formula is C15H13F3N6O. The molecule has 7 nitrogen and oxygen atoms in total. The molecule has 0 bridgehead atoms. The molecule has 3 aromatic rings. The fourth-order valence-electron chi connectivity index (χ4n) is 2.20. The molecular weight excluding hydrogens is 337 g/mol. The first-order valence-electron chi connectivity index (χ1n) is 7.19. The number of halogens is 3. The maximum Gasteiger partial charge on any atom is 0.453 e. The Balaban J connectivity index is 1.79. The Morgan fingerprint density at radius 2 is 1.96 bits per heavy atom. The number of carbonyl (C=O) groups is 1. The molecule has 10 heteroatoms. The lowest BCUT2D eigenvalue weighted by atomic mass is 10.2. The molecule has 130 valence electrons. The summed E-state index contributed by atoms with van der Waals surface area (Å²) in [6, 6.07) is 9.38. The number of hydrogen-bond acceptors (Lipinski definition) is 4. The first-order chi connectivity index (χ1) is 11.8. The molecule has 2 aromatic heterocycles. The van der Waals surface area contributed by atoms with Crippen LogP contribution in [0, 0.1) is 0 Å². The van der Waals surface area contributed by atoms with E-state index in [9.17, 15) is 18.0 Å². The number of benzene rings is 1. The van der Waals surface area contributed by atoms with Gasteiger partial charge < -0.3 is 4.57 Å². The monoisotopic (exact) mass is 350 g/mol. The van der Waals surface area contributed by atoms with Gasteiger partial charge in [-0.15, -0.1) is 5.10 Å². The molecule has 0 spiro atoms. The van der Waals surface area contributed by atoms with Crippen LogP contribution in [0.3, 0.4) is 0 Å². The standard InChI is InChI=1S/C15H13F3N6O/c1-23-14(21-13(22-23)15(16,17)18)20-12(25)11-19-7-8-24(11)9-10-5-3-2-4-6-10/h2-8H,9H2,1H3,(H,20,21,22,25). The van der Waals surface area contributed by atoms with Crippen molar-refractivity contribution in [3.8, 4) is 0 Å². The Morgan fingerprint density at radius 1 is 1.24 bits per heavy atom. The molecule has 0 radical (unpaired) electrons. The molecule has 1 aromatic carbocycles. The molecule has 2 heterocycles. The van der Waals surface area contributed by atoms with Gasteiger partial charge in [0, 0.05) is 26.0 Å². The van der Waals surface area contributed by atoms with Crippen molar-refractivity contribution in [2.24, 2.45) is 7.05 Å². The minimum Gasteiger partial charge on any atom is -0.322 e. The summed E-state index contributed by atoms with van der Waals surface area (Å²) in [6.45, 7) is 0.399. The smallest absolute Gasteiger partial charge is 0.322 e. The van der Waals surface area contributed by atoms with Gasteiger partial charge in [-0.05, 0) is 5.56 Å². The number of hydrogen-bond donors (Lipinski definition) is 1. The molecule has 0 unspecified atom stereocenters. The van der Waals surface area contributed by atoms with Crippen molar-refractivity contribution in [1.82, 2.24) is 24.3 Å². The topological polar surface area (TPSA) is 77.6 Å². The number of aryl methyl sites for hydroxylation is 1. The number of amides is 1. The Hall–Kier alpha value is -3.17. The average molecular weight is 350 g/mol. The maximum absolute atomic E-state index is 12.6. The zero-order chi connectivity index (χ0) is 18.0. The van der Waals surface area contributed by atoms with E-state index in [1.807, 2.05) is 30.3 Å². The second-order valence-corrected chi connectivity index (χ2v) is 5.20. The third kappa shape index (κ3) is 3.67. The van der Waals surface area contributed by atoms with E-state index in [-0.39, 0.29) is 11.8 Å². The normalized spacial score (nSPS) is 11.5. The van der Waals surface area contributed by atoms with Gasteiger partial charge in [0.05, 0.1) is 0 Å². The summed E-state index contributed by atoms with van der Waals surface area (Å²) >= 11 is 0. The van der Waals surface area contributed by atoms with Crippen molar-refractivity contribution >= 4 is 11.9 Å². The molecule has 0 fully saturated rings. The van der Waals surface area contributed by atoms with Crippen LogP contribution in [0.25, 0.3) is 0 Å². The van der Waals surface area contributed by atoms with Crippen molar-refractivity contribution in [2.75, 3.05) is 5.32 Å². The van der Waals surface area contributed by atoms with Gasteiger partial charge in [-0.25, -0.2) is 9.67 Å². The minimum absolute atomic E-state index is 0.0559. The highest BCUT2D eigenvalue weighted by Crippen LogP contribution is 2.27. The lowest BCUT2D eigenvalue weighted by Gasteiger charge is -2.08. The lowest BCUT2D eigenvalue weighted by Crippen LogP contribution is -2.20. The number of nitrogens with one attached hydrogen (secondary N) is 1. The number of aromatic nitrogens is 5. The van der Waals surface area contributed by atoms with E-state index in [0.717, 1.165) is 10.2 Å². The van der Waals surface area contributed by atoms with E-state index in [1.54, 1.807) is 10.8 Å². The molecule has 25 heavy (non-hydrogen) atoms. The van der Waals surface area contributed by atoms with Crippen LogP contribution >= 0.6 is 0 Å². The van der Waals surface area contributed by atoms with E-state index in [2.05, 4.69) is 20.4 Å². The minimum atomic E-state index is -4.69. The van der Waals surface area contributed by atoms with Crippen LogP contribution in [0.1, 0.15) is 22.0 Å². The highest BCUT2D eigenvalue weighted by atomic mass is 19.4. The zero-order valence-electron chi connectivity index (χ0n) is 13.0. The van der Waals surface area contributed by atoms with Crippen molar-refractivity contribution in [3.63, 3.8) is 0 Å². The molecule has 0 saturated carbocycles. The van der Waals surface area contributed by atoms with Gasteiger partial charge in [0.2, 0.25) is 5.95 Å². The fraction of sp³-hybridized carbons (Fsp3) is 0.200. The molecule has 1 amide bonds. The molecule has 0 aliphatic rings. The summed E-state index contributed by atoms with van der Waals surface area (Å²) < 4.78 is 40.3. The van der Waals surface area contributed by atoms with Gasteiger partial charge >= 0.3 is 6.18 Å². The van der Waals surface area contributed by atoms with Gasteiger partial charge in [-0.1, -0.05) is 30.3 Å². The number of carbonyl (C=O) groups excluding carboxylic acids is 1. The van der Waals surface area contributed by atoms with Gasteiger partial charge in [0.15, 0.2) is 5.82 Å². The van der Waals surface area contributed by atoms with Crippen LogP contribution in [-0.2, 0) is 19.8 Å². The van der Waals surface area contributed by atoms with Crippen molar-refractivity contribution in [2.45, 2.75) is 12.7 Å². The third-order valence-electron chi connectivity index (χ3n) is 3.36. The Labute approximate surface area is 140 Å². The number of nitrogens with zero attached hydrogens (tertiary/aromatic N) is 5. The summed E-state index contributed by atoms with van der Waals surface area (Å²) in [4.78, 5) is 19.6.